The molecule has 134 valence electrons. The van der Waals surface area contributed by atoms with Gasteiger partial charge in [-0.2, -0.15) is 0 Å². The molecule has 5 nitrogen and oxygen atoms in total. The summed E-state index contributed by atoms with van der Waals surface area (Å²) in [6.07, 6.45) is 0.264. The lowest BCUT2D eigenvalue weighted by Gasteiger charge is -2.08. The Morgan fingerprint density at radius 2 is 1.92 bits per heavy atom. The third kappa shape index (κ3) is 3.74. The number of benzene rings is 2. The van der Waals surface area contributed by atoms with E-state index < -0.39 is 11.8 Å². The molecule has 0 atom stereocenters. The smallest absolute Gasteiger partial charge is 0.356 e. The number of H-pyrrole nitrogens is 1. The number of ether oxygens (including phenoxy) is 1. The monoisotopic (exact) mass is 354 g/mol. The van der Waals surface area contributed by atoms with Gasteiger partial charge in [-0.15, -0.1) is 0 Å². The third-order valence-corrected chi connectivity index (χ3v) is 3.99. The number of aromatic amines is 1. The quantitative estimate of drug-likeness (QED) is 0.493. The molecule has 1 aromatic heterocycles. The lowest BCUT2D eigenvalue weighted by atomic mass is 10.1. The number of fused-ring (bicyclic) bond motifs is 1. The van der Waals surface area contributed by atoms with Crippen LogP contribution in [0.5, 0.6) is 0 Å². The average Bonchev–Trinajstić information content (AvgIpc) is 3.00. The van der Waals surface area contributed by atoms with Crippen molar-refractivity contribution in [3.8, 4) is 0 Å². The van der Waals surface area contributed by atoms with E-state index in [9.17, 15) is 14.0 Å². The minimum atomic E-state index is -0.527. The second kappa shape index (κ2) is 7.82. The Kier molecular flexibility index (Phi) is 5.31. The average molecular weight is 354 g/mol. The SMILES string of the molecule is CCOC(=O)c1[nH]c2cc(F)ccc2c1NCCC(=O)c1ccccc1. The van der Waals surface area contributed by atoms with Crippen LogP contribution in [-0.2, 0) is 4.74 Å². The van der Waals surface area contributed by atoms with Gasteiger partial charge < -0.3 is 15.0 Å². The number of nitrogens with one attached hydrogen (secondary N) is 2. The van der Waals surface area contributed by atoms with Crippen molar-refractivity contribution in [3.05, 3.63) is 65.6 Å². The number of carbonyl (C=O) groups is 2. The van der Waals surface area contributed by atoms with E-state index in [1.54, 1.807) is 25.1 Å². The van der Waals surface area contributed by atoms with Gasteiger partial charge in [-0.1, -0.05) is 30.3 Å². The first-order chi connectivity index (χ1) is 12.6. The Labute approximate surface area is 150 Å². The number of carbonyl (C=O) groups excluding carboxylic acids is 2. The van der Waals surface area contributed by atoms with Crippen LogP contribution in [0.4, 0.5) is 10.1 Å². The highest BCUT2D eigenvalue weighted by atomic mass is 19.1. The van der Waals surface area contributed by atoms with Crippen molar-refractivity contribution in [2.24, 2.45) is 0 Å². The van der Waals surface area contributed by atoms with Crippen LogP contribution in [-0.4, -0.2) is 29.9 Å². The Morgan fingerprint density at radius 1 is 1.15 bits per heavy atom. The summed E-state index contributed by atoms with van der Waals surface area (Å²) in [5.74, 6) is -0.928. The molecule has 3 aromatic rings. The van der Waals surface area contributed by atoms with E-state index in [4.69, 9.17) is 4.74 Å². The minimum Gasteiger partial charge on any atom is -0.461 e. The van der Waals surface area contributed by atoms with Crippen molar-refractivity contribution >= 4 is 28.3 Å². The van der Waals surface area contributed by atoms with Crippen LogP contribution >= 0.6 is 0 Å². The van der Waals surface area contributed by atoms with E-state index in [1.165, 1.54) is 12.1 Å². The first-order valence-corrected chi connectivity index (χ1v) is 8.40. The van der Waals surface area contributed by atoms with Gasteiger partial charge in [0.05, 0.1) is 17.8 Å². The topological polar surface area (TPSA) is 71.2 Å². The molecule has 1 heterocycles. The number of hydrogen-bond donors (Lipinski definition) is 2. The molecule has 26 heavy (non-hydrogen) atoms. The van der Waals surface area contributed by atoms with Gasteiger partial charge in [0.1, 0.15) is 11.5 Å². The zero-order valence-corrected chi connectivity index (χ0v) is 14.3. The number of hydrogen-bond acceptors (Lipinski definition) is 4. The van der Waals surface area contributed by atoms with Gasteiger partial charge in [0.25, 0.3) is 0 Å². The Balaban J connectivity index is 1.80. The molecular formula is C20H19FN2O3. The normalized spacial score (nSPS) is 10.7. The first kappa shape index (κ1) is 17.7. The summed E-state index contributed by atoms with van der Waals surface area (Å²) in [6.45, 7) is 2.28. The van der Waals surface area contributed by atoms with Crippen molar-refractivity contribution in [2.45, 2.75) is 13.3 Å². The molecule has 6 heteroatoms. The zero-order valence-electron chi connectivity index (χ0n) is 14.3. The molecule has 2 N–H and O–H groups in total. The highest BCUT2D eigenvalue weighted by Gasteiger charge is 2.19. The van der Waals surface area contributed by atoms with Crippen LogP contribution in [0.15, 0.2) is 48.5 Å². The van der Waals surface area contributed by atoms with E-state index in [1.807, 2.05) is 18.2 Å². The van der Waals surface area contributed by atoms with E-state index in [0.717, 1.165) is 0 Å². The van der Waals surface area contributed by atoms with Crippen molar-refractivity contribution in [1.29, 1.82) is 0 Å². The molecule has 0 radical (unpaired) electrons. The van der Waals surface area contributed by atoms with Gasteiger partial charge in [0.15, 0.2) is 5.78 Å². The highest BCUT2D eigenvalue weighted by molar-refractivity contribution is 6.06. The summed E-state index contributed by atoms with van der Waals surface area (Å²) in [4.78, 5) is 27.3. The van der Waals surface area contributed by atoms with Gasteiger partial charge in [0, 0.05) is 23.9 Å². The summed E-state index contributed by atoms with van der Waals surface area (Å²) in [5, 5.41) is 3.79. The van der Waals surface area contributed by atoms with E-state index >= 15 is 0 Å². The fraction of sp³-hybridized carbons (Fsp3) is 0.200. The molecule has 0 saturated carbocycles. The molecule has 3 rings (SSSR count). The molecule has 0 aliphatic rings. The van der Waals surface area contributed by atoms with Crippen molar-refractivity contribution < 1.29 is 18.7 Å². The highest BCUT2D eigenvalue weighted by Crippen LogP contribution is 2.29. The fourth-order valence-electron chi connectivity index (χ4n) is 2.78. The maximum Gasteiger partial charge on any atom is 0.356 e. The summed E-state index contributed by atoms with van der Waals surface area (Å²) in [7, 11) is 0. The molecule has 0 aliphatic heterocycles. The molecule has 0 saturated heterocycles. The Morgan fingerprint density at radius 3 is 2.65 bits per heavy atom. The number of anilines is 1. The van der Waals surface area contributed by atoms with E-state index in [2.05, 4.69) is 10.3 Å². The summed E-state index contributed by atoms with van der Waals surface area (Å²) in [5.41, 5.74) is 1.87. The molecule has 0 fully saturated rings. The minimum absolute atomic E-state index is 0.00155. The van der Waals surface area contributed by atoms with Gasteiger partial charge in [-0.25, -0.2) is 9.18 Å². The van der Waals surface area contributed by atoms with Gasteiger partial charge in [0.2, 0.25) is 0 Å². The maximum atomic E-state index is 13.5. The summed E-state index contributed by atoms with van der Waals surface area (Å²) in [6, 6.07) is 13.2. The molecule has 0 spiro atoms. The van der Waals surface area contributed by atoms with Crippen LogP contribution in [0, 0.1) is 5.82 Å². The van der Waals surface area contributed by atoms with Crippen LogP contribution in [0.3, 0.4) is 0 Å². The van der Waals surface area contributed by atoms with Gasteiger partial charge in [-0.3, -0.25) is 4.79 Å². The van der Waals surface area contributed by atoms with Gasteiger partial charge in [-0.05, 0) is 25.1 Å². The van der Waals surface area contributed by atoms with Crippen LogP contribution in [0.1, 0.15) is 34.2 Å². The predicted octanol–water partition coefficient (Wildman–Crippen LogP) is 4.17. The Bertz CT molecular complexity index is 935. The van der Waals surface area contributed by atoms with Crippen molar-refractivity contribution in [3.63, 3.8) is 0 Å². The molecule has 0 aliphatic carbocycles. The number of esters is 1. The van der Waals surface area contributed by atoms with E-state index in [-0.39, 0.29) is 24.5 Å². The number of ketones is 1. The predicted molar refractivity (Wildman–Crippen MR) is 98.1 cm³/mol. The second-order valence-corrected chi connectivity index (χ2v) is 5.75. The maximum absolute atomic E-state index is 13.5. The van der Waals surface area contributed by atoms with Gasteiger partial charge >= 0.3 is 5.97 Å². The largest absolute Gasteiger partial charge is 0.461 e. The van der Waals surface area contributed by atoms with Crippen LogP contribution < -0.4 is 5.32 Å². The number of rotatable bonds is 7. The number of aromatic nitrogens is 1. The third-order valence-electron chi connectivity index (χ3n) is 3.99. The van der Waals surface area contributed by atoms with Crippen LogP contribution in [0.2, 0.25) is 0 Å². The molecule has 0 bridgehead atoms. The Hall–Kier alpha value is -3.15. The lowest BCUT2D eigenvalue weighted by molar-refractivity contribution is 0.0521. The molecular weight excluding hydrogens is 335 g/mol. The summed E-state index contributed by atoms with van der Waals surface area (Å²) >= 11 is 0. The molecule has 0 unspecified atom stereocenters. The molecule has 2 aromatic carbocycles. The second-order valence-electron chi connectivity index (χ2n) is 5.75. The van der Waals surface area contributed by atoms with Crippen LogP contribution in [0.25, 0.3) is 10.9 Å². The number of halogens is 1. The lowest BCUT2D eigenvalue weighted by Crippen LogP contribution is -2.12. The van der Waals surface area contributed by atoms with Crippen molar-refractivity contribution in [1.82, 2.24) is 4.98 Å². The fourth-order valence-corrected chi connectivity index (χ4v) is 2.78. The number of Topliss-reactive ketones (excluding diaryl/α,β-unsaturated/α-hetero) is 1. The molecule has 0 amide bonds. The zero-order chi connectivity index (χ0) is 18.5. The first-order valence-electron chi connectivity index (χ1n) is 8.40. The van der Waals surface area contributed by atoms with E-state index in [0.29, 0.717) is 28.7 Å². The van der Waals surface area contributed by atoms with Crippen molar-refractivity contribution in [2.75, 3.05) is 18.5 Å². The standard InChI is InChI=1S/C20H19FN2O3/c1-2-26-20(25)19-18(15-9-8-14(21)12-16(15)23-19)22-11-10-17(24)13-6-4-3-5-7-13/h3-9,12,22-23H,2,10-11H2,1H3. The summed E-state index contributed by atoms with van der Waals surface area (Å²) < 4.78 is 18.5.